The Morgan fingerprint density at radius 2 is 1.88 bits per heavy atom. The van der Waals surface area contributed by atoms with Gasteiger partial charge in [-0.1, -0.05) is 35.9 Å². The highest BCUT2D eigenvalue weighted by Gasteiger charge is 2.15. The number of hydrogen-bond donors (Lipinski definition) is 1. The minimum absolute atomic E-state index is 0.0775. The lowest BCUT2D eigenvalue weighted by molar-refractivity contribution is 0.474. The average Bonchev–Trinajstić information content (AvgIpc) is 3.11. The molecule has 0 spiro atoms. The number of fused-ring (bicyclic) bond motifs is 1. The van der Waals surface area contributed by atoms with E-state index < -0.39 is 0 Å². The zero-order valence-electron chi connectivity index (χ0n) is 13.3. The van der Waals surface area contributed by atoms with Gasteiger partial charge in [0, 0.05) is 11.1 Å². The van der Waals surface area contributed by atoms with E-state index in [1.807, 2.05) is 17.5 Å². The molecule has 0 saturated carbocycles. The van der Waals surface area contributed by atoms with Crippen LogP contribution in [0.5, 0.6) is 5.75 Å². The van der Waals surface area contributed by atoms with Gasteiger partial charge in [-0.2, -0.15) is 9.78 Å². The van der Waals surface area contributed by atoms with Crippen LogP contribution in [0.4, 0.5) is 0 Å². The molecule has 0 aliphatic rings. The molecule has 4 rings (SSSR count). The molecule has 2 aromatic carbocycles. The van der Waals surface area contributed by atoms with Crippen molar-refractivity contribution in [1.82, 2.24) is 9.66 Å². The maximum absolute atomic E-state index is 12.9. The number of nitrogens with zero attached hydrogens (tertiary/aromatic N) is 3. The fourth-order valence-corrected chi connectivity index (χ4v) is 3.52. The van der Waals surface area contributed by atoms with Crippen LogP contribution in [0.1, 0.15) is 5.56 Å². The molecule has 0 radical (unpaired) electrons. The molecule has 2 aromatic heterocycles. The van der Waals surface area contributed by atoms with Crippen LogP contribution in [0.3, 0.4) is 0 Å². The third kappa shape index (κ3) is 2.89. The van der Waals surface area contributed by atoms with Crippen LogP contribution in [0.25, 0.3) is 21.6 Å². The summed E-state index contributed by atoms with van der Waals surface area (Å²) in [6.45, 7) is 0. The van der Waals surface area contributed by atoms with E-state index in [0.29, 0.717) is 32.2 Å². The Hall–Kier alpha value is -2.96. The summed E-state index contributed by atoms with van der Waals surface area (Å²) >= 11 is 7.61. The Morgan fingerprint density at radius 1 is 1.12 bits per heavy atom. The normalized spacial score (nSPS) is 11.4. The third-order valence-corrected chi connectivity index (χ3v) is 5.04. The van der Waals surface area contributed by atoms with Crippen molar-refractivity contribution in [3.63, 3.8) is 0 Å². The monoisotopic (exact) mass is 381 g/mol. The molecule has 0 aliphatic carbocycles. The van der Waals surface area contributed by atoms with Crippen LogP contribution in [0.2, 0.25) is 5.02 Å². The highest BCUT2D eigenvalue weighted by Crippen LogP contribution is 2.27. The smallest absolute Gasteiger partial charge is 0.292 e. The molecule has 0 amide bonds. The maximum Gasteiger partial charge on any atom is 0.292 e. The summed E-state index contributed by atoms with van der Waals surface area (Å²) in [6.07, 6.45) is 1.43. The van der Waals surface area contributed by atoms with Gasteiger partial charge in [-0.15, -0.1) is 11.3 Å². The van der Waals surface area contributed by atoms with Gasteiger partial charge < -0.3 is 5.11 Å². The second kappa shape index (κ2) is 6.74. The van der Waals surface area contributed by atoms with Crippen LogP contribution in [0, 0.1) is 0 Å². The van der Waals surface area contributed by atoms with Gasteiger partial charge in [-0.25, -0.2) is 4.98 Å². The molecular formula is C19H12ClN3O2S. The van der Waals surface area contributed by atoms with Crippen molar-refractivity contribution in [2.24, 2.45) is 5.10 Å². The van der Waals surface area contributed by atoms with Crippen LogP contribution in [-0.4, -0.2) is 21.0 Å². The van der Waals surface area contributed by atoms with E-state index in [2.05, 4.69) is 10.1 Å². The van der Waals surface area contributed by atoms with Crippen molar-refractivity contribution in [3.8, 4) is 17.1 Å². The Bertz CT molecular complexity index is 1200. The number of para-hydroxylation sites is 1. The van der Waals surface area contributed by atoms with Crippen LogP contribution < -0.4 is 5.56 Å². The Labute approximate surface area is 157 Å². The first kappa shape index (κ1) is 16.5. The number of phenolic OH excluding ortho intramolecular Hbond substituents is 1. The number of benzene rings is 2. The summed E-state index contributed by atoms with van der Waals surface area (Å²) in [5.74, 6) is 0.423. The predicted octanol–water partition coefficient (Wildman–Crippen LogP) is 4.37. The summed E-state index contributed by atoms with van der Waals surface area (Å²) < 4.78 is 1.72. The topological polar surface area (TPSA) is 67.5 Å². The molecule has 0 fully saturated rings. The zero-order chi connectivity index (χ0) is 18.1. The molecule has 5 nitrogen and oxygen atoms in total. The molecule has 1 N–H and O–H groups in total. The first-order chi connectivity index (χ1) is 12.6. The van der Waals surface area contributed by atoms with Crippen LogP contribution in [-0.2, 0) is 0 Å². The molecule has 4 aromatic rings. The predicted molar refractivity (Wildman–Crippen MR) is 105 cm³/mol. The summed E-state index contributed by atoms with van der Waals surface area (Å²) in [7, 11) is 0. The largest absolute Gasteiger partial charge is 0.507 e. The van der Waals surface area contributed by atoms with Gasteiger partial charge >= 0.3 is 0 Å². The number of phenols is 1. The SMILES string of the molecule is O=c1c2sccc2nc(-c2ccccc2Cl)n1N=Cc1ccccc1O. The third-order valence-electron chi connectivity index (χ3n) is 3.82. The van der Waals surface area contributed by atoms with Crippen molar-refractivity contribution in [1.29, 1.82) is 0 Å². The lowest BCUT2D eigenvalue weighted by Crippen LogP contribution is -2.19. The lowest BCUT2D eigenvalue weighted by atomic mass is 10.2. The van der Waals surface area contributed by atoms with Crippen molar-refractivity contribution < 1.29 is 5.11 Å². The molecular weight excluding hydrogens is 370 g/mol. The van der Waals surface area contributed by atoms with E-state index in [0.717, 1.165) is 0 Å². The molecule has 0 unspecified atom stereocenters. The van der Waals surface area contributed by atoms with E-state index >= 15 is 0 Å². The molecule has 7 heteroatoms. The first-order valence-electron chi connectivity index (χ1n) is 7.72. The number of aromatic nitrogens is 2. The number of hydrogen-bond acceptors (Lipinski definition) is 5. The second-order valence-electron chi connectivity index (χ2n) is 5.47. The number of thiophene rings is 1. The Balaban J connectivity index is 1.97. The molecule has 0 bridgehead atoms. The number of rotatable bonds is 3. The highest BCUT2D eigenvalue weighted by atomic mass is 35.5. The van der Waals surface area contributed by atoms with Gasteiger partial charge in [0.15, 0.2) is 5.82 Å². The van der Waals surface area contributed by atoms with Gasteiger partial charge in [-0.05, 0) is 35.7 Å². The van der Waals surface area contributed by atoms with Crippen molar-refractivity contribution in [2.75, 3.05) is 0 Å². The van der Waals surface area contributed by atoms with E-state index in [9.17, 15) is 9.90 Å². The molecule has 2 heterocycles. The molecule has 128 valence electrons. The molecule has 0 saturated heterocycles. The Kier molecular flexibility index (Phi) is 4.28. The standard InChI is InChI=1S/C19H12ClN3O2S/c20-14-7-3-2-6-13(14)18-22-15-9-10-26-17(15)19(25)23(18)21-11-12-5-1-4-8-16(12)24/h1-11,24H. The zero-order valence-corrected chi connectivity index (χ0v) is 14.9. The van der Waals surface area contributed by atoms with E-state index in [-0.39, 0.29) is 11.3 Å². The Morgan fingerprint density at radius 3 is 2.69 bits per heavy atom. The number of aromatic hydroxyl groups is 1. The van der Waals surface area contributed by atoms with Gasteiger partial charge in [0.2, 0.25) is 0 Å². The van der Waals surface area contributed by atoms with Crippen LogP contribution in [0.15, 0.2) is 69.9 Å². The molecule has 26 heavy (non-hydrogen) atoms. The lowest BCUT2D eigenvalue weighted by Gasteiger charge is -2.09. The first-order valence-corrected chi connectivity index (χ1v) is 8.98. The van der Waals surface area contributed by atoms with Crippen molar-refractivity contribution in [2.45, 2.75) is 0 Å². The highest BCUT2D eigenvalue weighted by molar-refractivity contribution is 7.17. The summed E-state index contributed by atoms with van der Waals surface area (Å²) in [5.41, 5.74) is 1.42. The summed E-state index contributed by atoms with van der Waals surface area (Å²) in [6, 6.07) is 15.7. The maximum atomic E-state index is 12.9. The van der Waals surface area contributed by atoms with E-state index in [1.54, 1.807) is 42.5 Å². The summed E-state index contributed by atoms with van der Waals surface area (Å²) in [4.78, 5) is 17.5. The van der Waals surface area contributed by atoms with Gasteiger partial charge in [-0.3, -0.25) is 4.79 Å². The molecule has 0 atom stereocenters. The molecule has 0 aliphatic heterocycles. The minimum Gasteiger partial charge on any atom is -0.507 e. The fourth-order valence-electron chi connectivity index (χ4n) is 2.55. The second-order valence-corrected chi connectivity index (χ2v) is 6.79. The van der Waals surface area contributed by atoms with Gasteiger partial charge in [0.25, 0.3) is 5.56 Å². The van der Waals surface area contributed by atoms with Crippen molar-refractivity contribution >= 4 is 39.4 Å². The van der Waals surface area contributed by atoms with Crippen molar-refractivity contribution in [3.05, 3.63) is 80.9 Å². The minimum atomic E-state index is -0.286. The van der Waals surface area contributed by atoms with E-state index in [4.69, 9.17) is 11.6 Å². The van der Waals surface area contributed by atoms with Gasteiger partial charge in [0.05, 0.1) is 16.8 Å². The van der Waals surface area contributed by atoms with Gasteiger partial charge in [0.1, 0.15) is 10.4 Å². The fraction of sp³-hybridized carbons (Fsp3) is 0. The summed E-state index contributed by atoms with van der Waals surface area (Å²) in [5, 5.41) is 16.5. The quantitative estimate of drug-likeness (QED) is 0.536. The number of halogens is 1. The van der Waals surface area contributed by atoms with E-state index in [1.165, 1.54) is 22.2 Å². The van der Waals surface area contributed by atoms with Crippen LogP contribution >= 0.6 is 22.9 Å². The average molecular weight is 382 g/mol.